The fourth-order valence-corrected chi connectivity index (χ4v) is 1.49. The van der Waals surface area contributed by atoms with Crippen molar-refractivity contribution in [3.05, 3.63) is 17.7 Å². The molecule has 1 aromatic heterocycles. The Balaban J connectivity index is 2.06. The van der Waals surface area contributed by atoms with E-state index < -0.39 is 0 Å². The molecule has 0 aliphatic carbocycles. The zero-order valence-electron chi connectivity index (χ0n) is 8.77. The van der Waals surface area contributed by atoms with E-state index in [0.717, 1.165) is 12.2 Å². The van der Waals surface area contributed by atoms with E-state index in [0.29, 0.717) is 0 Å². The Morgan fingerprint density at radius 2 is 2.00 bits per heavy atom. The number of imidazole rings is 1. The van der Waals surface area contributed by atoms with Gasteiger partial charge >= 0.3 is 0 Å². The van der Waals surface area contributed by atoms with Gasteiger partial charge in [0.1, 0.15) is 5.82 Å². The molecule has 0 saturated carbocycles. The quantitative estimate of drug-likeness (QED) is 0.669. The van der Waals surface area contributed by atoms with Crippen LogP contribution in [-0.2, 0) is 6.42 Å². The van der Waals surface area contributed by atoms with Crippen LogP contribution in [0.3, 0.4) is 0 Å². The fourth-order valence-electron chi connectivity index (χ4n) is 1.49. The summed E-state index contributed by atoms with van der Waals surface area (Å²) in [5.41, 5.74) is 1.17. The third-order valence-corrected chi connectivity index (χ3v) is 2.27. The van der Waals surface area contributed by atoms with Crippen molar-refractivity contribution in [3.63, 3.8) is 0 Å². The molecule has 0 radical (unpaired) electrons. The Bertz CT molecular complexity index is 228. The third kappa shape index (κ3) is 4.11. The van der Waals surface area contributed by atoms with Gasteiger partial charge in [-0.3, -0.25) is 0 Å². The molecular formula is C11H20N2. The summed E-state index contributed by atoms with van der Waals surface area (Å²) in [5.74, 6) is 1.15. The second-order valence-corrected chi connectivity index (χ2v) is 3.68. The first kappa shape index (κ1) is 10.3. The van der Waals surface area contributed by atoms with E-state index in [4.69, 9.17) is 0 Å². The highest BCUT2D eigenvalue weighted by Crippen LogP contribution is 2.06. The van der Waals surface area contributed by atoms with Crippen LogP contribution in [-0.4, -0.2) is 9.97 Å². The number of nitrogens with zero attached hydrogens (tertiary/aromatic N) is 1. The first-order chi connectivity index (χ1) is 6.33. The van der Waals surface area contributed by atoms with Crippen molar-refractivity contribution in [3.8, 4) is 0 Å². The lowest BCUT2D eigenvalue weighted by molar-refractivity contribution is 0.624. The predicted octanol–water partition coefficient (Wildman–Crippen LogP) is 3.23. The number of aryl methyl sites for hydroxylation is 2. The largest absolute Gasteiger partial charge is 0.346 e. The normalized spacial score (nSPS) is 10.6. The molecule has 0 amide bonds. The van der Waals surface area contributed by atoms with Gasteiger partial charge < -0.3 is 4.98 Å². The minimum absolute atomic E-state index is 1.11. The van der Waals surface area contributed by atoms with Crippen LogP contribution in [0.25, 0.3) is 0 Å². The van der Waals surface area contributed by atoms with Crippen LogP contribution in [0.2, 0.25) is 0 Å². The minimum Gasteiger partial charge on any atom is -0.346 e. The van der Waals surface area contributed by atoms with E-state index in [2.05, 4.69) is 16.9 Å². The fraction of sp³-hybridized carbons (Fsp3) is 0.727. The van der Waals surface area contributed by atoms with Crippen molar-refractivity contribution in [1.29, 1.82) is 0 Å². The van der Waals surface area contributed by atoms with Gasteiger partial charge in [0.15, 0.2) is 0 Å². The summed E-state index contributed by atoms with van der Waals surface area (Å²) in [6.45, 7) is 4.30. The lowest BCUT2D eigenvalue weighted by Crippen LogP contribution is -1.88. The van der Waals surface area contributed by atoms with E-state index in [1.54, 1.807) is 0 Å². The Hall–Kier alpha value is -0.790. The van der Waals surface area contributed by atoms with Crippen molar-refractivity contribution in [1.82, 2.24) is 9.97 Å². The molecule has 0 aromatic carbocycles. The van der Waals surface area contributed by atoms with Crippen molar-refractivity contribution in [2.24, 2.45) is 0 Å². The number of aromatic nitrogens is 2. The third-order valence-electron chi connectivity index (χ3n) is 2.27. The van der Waals surface area contributed by atoms with Gasteiger partial charge in [0.2, 0.25) is 0 Å². The van der Waals surface area contributed by atoms with Gasteiger partial charge in [-0.25, -0.2) is 4.98 Å². The number of unbranched alkanes of at least 4 members (excludes halogenated alkanes) is 4. The molecule has 74 valence electrons. The molecule has 1 heterocycles. The van der Waals surface area contributed by atoms with Crippen molar-refractivity contribution < 1.29 is 0 Å². The average molecular weight is 180 g/mol. The highest BCUT2D eigenvalue weighted by Gasteiger charge is 1.96. The summed E-state index contributed by atoms with van der Waals surface area (Å²) in [6.07, 6.45) is 9.69. The average Bonchev–Trinajstić information content (AvgIpc) is 2.51. The van der Waals surface area contributed by atoms with Crippen LogP contribution < -0.4 is 0 Å². The van der Waals surface area contributed by atoms with Gasteiger partial charge in [0.25, 0.3) is 0 Å². The van der Waals surface area contributed by atoms with Crippen LogP contribution in [0.5, 0.6) is 0 Å². The summed E-state index contributed by atoms with van der Waals surface area (Å²) in [6, 6.07) is 0. The molecule has 0 spiro atoms. The van der Waals surface area contributed by atoms with E-state index >= 15 is 0 Å². The predicted molar refractivity (Wildman–Crippen MR) is 55.8 cm³/mol. The summed E-state index contributed by atoms with van der Waals surface area (Å²) < 4.78 is 0. The van der Waals surface area contributed by atoms with Crippen LogP contribution in [0.15, 0.2) is 6.20 Å². The van der Waals surface area contributed by atoms with Crippen LogP contribution in [0.1, 0.15) is 50.5 Å². The zero-order chi connectivity index (χ0) is 9.52. The van der Waals surface area contributed by atoms with Crippen molar-refractivity contribution in [2.45, 2.75) is 52.4 Å². The molecule has 1 aromatic rings. The molecule has 0 fully saturated rings. The van der Waals surface area contributed by atoms with Crippen molar-refractivity contribution >= 4 is 0 Å². The molecular weight excluding hydrogens is 160 g/mol. The van der Waals surface area contributed by atoms with Gasteiger partial charge in [0, 0.05) is 18.3 Å². The number of H-pyrrole nitrogens is 1. The standard InChI is InChI=1S/C11H20N2/c1-3-4-5-6-7-8-11-12-9-10(2)13-11/h9H,3-8H2,1-2H3,(H,12,13). The van der Waals surface area contributed by atoms with E-state index in [1.807, 2.05) is 13.1 Å². The molecule has 1 N–H and O–H groups in total. The van der Waals surface area contributed by atoms with Crippen molar-refractivity contribution in [2.75, 3.05) is 0 Å². The maximum atomic E-state index is 4.28. The molecule has 2 heteroatoms. The smallest absolute Gasteiger partial charge is 0.106 e. The molecule has 2 nitrogen and oxygen atoms in total. The van der Waals surface area contributed by atoms with Crippen LogP contribution in [0.4, 0.5) is 0 Å². The zero-order valence-corrected chi connectivity index (χ0v) is 8.77. The Morgan fingerprint density at radius 3 is 2.62 bits per heavy atom. The molecule has 0 unspecified atom stereocenters. The van der Waals surface area contributed by atoms with Gasteiger partial charge in [-0.2, -0.15) is 0 Å². The number of hydrogen-bond donors (Lipinski definition) is 1. The first-order valence-corrected chi connectivity index (χ1v) is 5.33. The minimum atomic E-state index is 1.11. The number of nitrogens with one attached hydrogen (secondary N) is 1. The Labute approximate surface area is 80.8 Å². The first-order valence-electron chi connectivity index (χ1n) is 5.33. The summed E-state index contributed by atoms with van der Waals surface area (Å²) in [5, 5.41) is 0. The van der Waals surface area contributed by atoms with Gasteiger partial charge in [0.05, 0.1) is 0 Å². The monoisotopic (exact) mass is 180 g/mol. The molecule has 0 atom stereocenters. The van der Waals surface area contributed by atoms with Gasteiger partial charge in [-0.1, -0.05) is 32.6 Å². The van der Waals surface area contributed by atoms with Gasteiger partial charge in [-0.05, 0) is 13.3 Å². The molecule has 1 rings (SSSR count). The Kier molecular flexibility index (Phi) is 4.58. The number of aromatic amines is 1. The lowest BCUT2D eigenvalue weighted by atomic mass is 10.1. The second kappa shape index (κ2) is 5.79. The SMILES string of the molecule is CCCCCCCc1ncc(C)[nH]1. The maximum Gasteiger partial charge on any atom is 0.106 e. The topological polar surface area (TPSA) is 28.7 Å². The molecule has 0 aliphatic rings. The van der Waals surface area contributed by atoms with Crippen LogP contribution >= 0.6 is 0 Å². The molecule has 0 saturated heterocycles. The van der Waals surface area contributed by atoms with E-state index in [9.17, 15) is 0 Å². The summed E-state index contributed by atoms with van der Waals surface area (Å²) in [4.78, 5) is 7.53. The number of hydrogen-bond acceptors (Lipinski definition) is 1. The highest BCUT2D eigenvalue weighted by atomic mass is 14.9. The van der Waals surface area contributed by atoms with E-state index in [-0.39, 0.29) is 0 Å². The molecule has 0 aliphatic heterocycles. The van der Waals surface area contributed by atoms with E-state index in [1.165, 1.54) is 37.8 Å². The maximum absolute atomic E-state index is 4.28. The van der Waals surface area contributed by atoms with Crippen LogP contribution in [0, 0.1) is 6.92 Å². The summed E-state index contributed by atoms with van der Waals surface area (Å²) >= 11 is 0. The summed E-state index contributed by atoms with van der Waals surface area (Å²) in [7, 11) is 0. The van der Waals surface area contributed by atoms with Gasteiger partial charge in [-0.15, -0.1) is 0 Å². The Morgan fingerprint density at radius 1 is 1.23 bits per heavy atom. The molecule has 0 bridgehead atoms. The lowest BCUT2D eigenvalue weighted by Gasteiger charge is -1.97. The highest BCUT2D eigenvalue weighted by molar-refractivity contribution is 4.98. The second-order valence-electron chi connectivity index (χ2n) is 3.68. The molecule has 13 heavy (non-hydrogen) atoms. The number of rotatable bonds is 6.